The topological polar surface area (TPSA) is 32.5 Å². The van der Waals surface area contributed by atoms with E-state index in [1.165, 1.54) is 4.90 Å². The zero-order chi connectivity index (χ0) is 14.8. The number of rotatable bonds is 3. The molecule has 0 aromatic heterocycles. The van der Waals surface area contributed by atoms with Crippen LogP contribution in [0, 0.1) is 6.92 Å². The number of nitrogens with two attached hydrogens (primary N) is 1. The number of alkyl halides is 3. The molecule has 0 radical (unpaired) electrons. The van der Waals surface area contributed by atoms with Crippen LogP contribution in [0.4, 0.5) is 18.9 Å². The van der Waals surface area contributed by atoms with Crippen LogP contribution in [0.15, 0.2) is 18.2 Å². The molecule has 1 aliphatic heterocycles. The molecule has 0 aliphatic carbocycles. The molecule has 20 heavy (non-hydrogen) atoms. The molecule has 1 aromatic carbocycles. The van der Waals surface area contributed by atoms with E-state index in [0.717, 1.165) is 16.8 Å². The largest absolute Gasteiger partial charge is 0.401 e. The summed E-state index contributed by atoms with van der Waals surface area (Å²) in [4.78, 5) is 3.58. The smallest absolute Gasteiger partial charge is 0.369 e. The van der Waals surface area contributed by atoms with Gasteiger partial charge in [0.1, 0.15) is 0 Å². The van der Waals surface area contributed by atoms with Crippen molar-refractivity contribution in [1.82, 2.24) is 4.90 Å². The first-order valence-corrected chi connectivity index (χ1v) is 6.73. The maximum Gasteiger partial charge on any atom is 0.401 e. The number of nitrogens with zero attached hydrogens (tertiary/aromatic N) is 2. The summed E-state index contributed by atoms with van der Waals surface area (Å²) in [5.74, 6) is 0. The summed E-state index contributed by atoms with van der Waals surface area (Å²) >= 11 is 0. The Kier molecular flexibility index (Phi) is 4.55. The summed E-state index contributed by atoms with van der Waals surface area (Å²) in [5, 5.41) is 0. The summed E-state index contributed by atoms with van der Waals surface area (Å²) in [7, 11) is 0. The molecule has 0 saturated carbocycles. The van der Waals surface area contributed by atoms with Gasteiger partial charge in [-0.3, -0.25) is 4.90 Å². The summed E-state index contributed by atoms with van der Waals surface area (Å²) in [5.41, 5.74) is 8.96. The SMILES string of the molecule is Cc1ccc(CN)c(N2CCN(CC(F)(F)F)CC2)c1. The maximum atomic E-state index is 12.4. The van der Waals surface area contributed by atoms with E-state index in [4.69, 9.17) is 5.73 Å². The number of benzene rings is 1. The maximum absolute atomic E-state index is 12.4. The van der Waals surface area contributed by atoms with Crippen molar-refractivity contribution in [2.45, 2.75) is 19.6 Å². The second-order valence-electron chi connectivity index (χ2n) is 5.21. The molecule has 0 unspecified atom stereocenters. The minimum absolute atomic E-state index is 0.428. The Hall–Kier alpha value is -1.27. The van der Waals surface area contributed by atoms with Gasteiger partial charge in [-0.15, -0.1) is 0 Å². The Labute approximate surface area is 117 Å². The number of halogens is 3. The Bertz CT molecular complexity index is 451. The molecule has 3 nitrogen and oxygen atoms in total. The molecule has 1 aliphatic rings. The highest BCUT2D eigenvalue weighted by atomic mass is 19.4. The molecular formula is C14H20F3N3. The number of hydrogen-bond acceptors (Lipinski definition) is 3. The fourth-order valence-electron chi connectivity index (χ4n) is 2.54. The van der Waals surface area contributed by atoms with Crippen molar-refractivity contribution in [1.29, 1.82) is 0 Å². The molecule has 0 bridgehead atoms. The van der Waals surface area contributed by atoms with Crippen LogP contribution in [0.3, 0.4) is 0 Å². The lowest BCUT2D eigenvalue weighted by atomic mass is 10.1. The van der Waals surface area contributed by atoms with Gasteiger partial charge in [0.15, 0.2) is 0 Å². The van der Waals surface area contributed by atoms with Gasteiger partial charge < -0.3 is 10.6 Å². The Morgan fingerprint density at radius 2 is 1.80 bits per heavy atom. The van der Waals surface area contributed by atoms with Gasteiger partial charge in [-0.25, -0.2) is 0 Å². The van der Waals surface area contributed by atoms with Gasteiger partial charge in [0.2, 0.25) is 0 Å². The van der Waals surface area contributed by atoms with Crippen molar-refractivity contribution in [2.75, 3.05) is 37.6 Å². The molecule has 1 aromatic rings. The molecule has 2 N–H and O–H groups in total. The Balaban J connectivity index is 2.02. The third-order valence-electron chi connectivity index (χ3n) is 3.58. The van der Waals surface area contributed by atoms with E-state index in [2.05, 4.69) is 11.0 Å². The minimum Gasteiger partial charge on any atom is -0.369 e. The van der Waals surface area contributed by atoms with Crippen LogP contribution in [0.1, 0.15) is 11.1 Å². The molecule has 1 saturated heterocycles. The predicted molar refractivity (Wildman–Crippen MR) is 73.8 cm³/mol. The third kappa shape index (κ3) is 3.86. The number of anilines is 1. The fourth-order valence-corrected chi connectivity index (χ4v) is 2.54. The van der Waals surface area contributed by atoms with Crippen molar-refractivity contribution >= 4 is 5.69 Å². The summed E-state index contributed by atoms with van der Waals surface area (Å²) in [6.07, 6.45) is -4.12. The molecule has 1 heterocycles. The second kappa shape index (κ2) is 6.01. The quantitative estimate of drug-likeness (QED) is 0.924. The van der Waals surface area contributed by atoms with E-state index >= 15 is 0 Å². The molecule has 2 rings (SSSR count). The van der Waals surface area contributed by atoms with E-state index in [1.807, 2.05) is 19.1 Å². The first-order valence-electron chi connectivity index (χ1n) is 6.73. The monoisotopic (exact) mass is 287 g/mol. The molecule has 0 amide bonds. The lowest BCUT2D eigenvalue weighted by Crippen LogP contribution is -2.49. The van der Waals surface area contributed by atoms with E-state index in [1.54, 1.807) is 0 Å². The average Bonchev–Trinajstić information content (AvgIpc) is 2.38. The lowest BCUT2D eigenvalue weighted by Gasteiger charge is -2.37. The summed E-state index contributed by atoms with van der Waals surface area (Å²) in [6, 6.07) is 6.06. The number of aryl methyl sites for hydroxylation is 1. The van der Waals surface area contributed by atoms with Gasteiger partial charge in [-0.05, 0) is 24.1 Å². The van der Waals surface area contributed by atoms with Crippen LogP contribution < -0.4 is 10.6 Å². The van der Waals surface area contributed by atoms with Crippen molar-refractivity contribution in [2.24, 2.45) is 5.73 Å². The van der Waals surface area contributed by atoms with Crippen molar-refractivity contribution in [3.63, 3.8) is 0 Å². The Morgan fingerprint density at radius 3 is 2.35 bits per heavy atom. The normalized spacial score (nSPS) is 17.6. The summed E-state index contributed by atoms with van der Waals surface area (Å²) < 4.78 is 37.1. The van der Waals surface area contributed by atoms with E-state index in [9.17, 15) is 13.2 Å². The zero-order valence-electron chi connectivity index (χ0n) is 11.6. The zero-order valence-corrected chi connectivity index (χ0v) is 11.6. The van der Waals surface area contributed by atoms with Crippen molar-refractivity contribution in [3.05, 3.63) is 29.3 Å². The van der Waals surface area contributed by atoms with Crippen LogP contribution in [0.5, 0.6) is 0 Å². The van der Waals surface area contributed by atoms with Gasteiger partial charge in [-0.1, -0.05) is 12.1 Å². The van der Waals surface area contributed by atoms with E-state index < -0.39 is 12.7 Å². The first kappa shape index (κ1) is 15.1. The molecule has 6 heteroatoms. The highest BCUT2D eigenvalue weighted by Gasteiger charge is 2.32. The average molecular weight is 287 g/mol. The van der Waals surface area contributed by atoms with Crippen LogP contribution >= 0.6 is 0 Å². The van der Waals surface area contributed by atoms with E-state index in [-0.39, 0.29) is 0 Å². The minimum atomic E-state index is -4.12. The standard InChI is InChI=1S/C14H20F3N3/c1-11-2-3-12(9-18)13(8-11)20-6-4-19(5-7-20)10-14(15,16)17/h2-3,8H,4-7,9-10,18H2,1H3. The van der Waals surface area contributed by atoms with Gasteiger partial charge in [0.05, 0.1) is 6.54 Å². The van der Waals surface area contributed by atoms with Crippen LogP contribution in [0.25, 0.3) is 0 Å². The van der Waals surface area contributed by atoms with Crippen LogP contribution in [0.2, 0.25) is 0 Å². The number of hydrogen-bond donors (Lipinski definition) is 1. The van der Waals surface area contributed by atoms with Gasteiger partial charge in [0.25, 0.3) is 0 Å². The van der Waals surface area contributed by atoms with Crippen molar-refractivity contribution < 1.29 is 13.2 Å². The number of piperazine rings is 1. The second-order valence-corrected chi connectivity index (χ2v) is 5.21. The molecule has 112 valence electrons. The highest BCUT2D eigenvalue weighted by molar-refractivity contribution is 5.55. The lowest BCUT2D eigenvalue weighted by molar-refractivity contribution is -0.146. The summed E-state index contributed by atoms with van der Waals surface area (Å²) in [6.45, 7) is 3.69. The first-order chi connectivity index (χ1) is 9.39. The molecule has 0 atom stereocenters. The Morgan fingerprint density at radius 1 is 1.15 bits per heavy atom. The predicted octanol–water partition coefficient (Wildman–Crippen LogP) is 2.14. The molecular weight excluding hydrogens is 267 g/mol. The fraction of sp³-hybridized carbons (Fsp3) is 0.571. The van der Waals surface area contributed by atoms with Gasteiger partial charge >= 0.3 is 6.18 Å². The molecule has 0 spiro atoms. The van der Waals surface area contributed by atoms with Crippen LogP contribution in [-0.2, 0) is 6.54 Å². The van der Waals surface area contributed by atoms with Gasteiger partial charge in [0, 0.05) is 38.4 Å². The van der Waals surface area contributed by atoms with Crippen LogP contribution in [-0.4, -0.2) is 43.8 Å². The van der Waals surface area contributed by atoms with Crippen molar-refractivity contribution in [3.8, 4) is 0 Å². The molecule has 1 fully saturated rings. The van der Waals surface area contributed by atoms with E-state index in [0.29, 0.717) is 32.7 Å². The highest BCUT2D eigenvalue weighted by Crippen LogP contribution is 2.24. The third-order valence-corrected chi connectivity index (χ3v) is 3.58. The van der Waals surface area contributed by atoms with Gasteiger partial charge in [-0.2, -0.15) is 13.2 Å².